The molecule has 1 aromatic rings. The molecule has 0 saturated heterocycles. The maximum atomic E-state index is 5.15. The second-order valence-electron chi connectivity index (χ2n) is 2.53. The van der Waals surface area contributed by atoms with Crippen molar-refractivity contribution < 1.29 is 0 Å². The van der Waals surface area contributed by atoms with E-state index in [2.05, 4.69) is 17.6 Å². The first kappa shape index (κ1) is 10.7. The minimum Gasteiger partial charge on any atom is -0.271 e. The molecule has 0 unspecified atom stereocenters. The molecule has 3 N–H and O–H groups in total. The van der Waals surface area contributed by atoms with Crippen molar-refractivity contribution in [3.63, 3.8) is 0 Å². The van der Waals surface area contributed by atoms with Gasteiger partial charge in [-0.3, -0.25) is 11.3 Å². The molecule has 1 aromatic carbocycles. The molecule has 0 radical (unpaired) electrons. The van der Waals surface area contributed by atoms with Crippen LogP contribution in [0.3, 0.4) is 0 Å². The van der Waals surface area contributed by atoms with Crippen molar-refractivity contribution in [1.29, 1.82) is 0 Å². The van der Waals surface area contributed by atoms with E-state index in [1.807, 2.05) is 18.2 Å². The molecule has 70 valence electrons. The first-order chi connectivity index (χ1) is 6.33. The van der Waals surface area contributed by atoms with Crippen LogP contribution < -0.4 is 11.3 Å². The highest BCUT2D eigenvalue weighted by atomic mass is 32.2. The molecule has 13 heavy (non-hydrogen) atoms. The van der Waals surface area contributed by atoms with E-state index in [0.29, 0.717) is 6.54 Å². The van der Waals surface area contributed by atoms with Gasteiger partial charge in [-0.1, -0.05) is 42.5 Å². The third-order valence-corrected chi connectivity index (χ3v) is 2.93. The summed E-state index contributed by atoms with van der Waals surface area (Å²) in [5.41, 5.74) is 3.83. The Morgan fingerprint density at radius 1 is 1.38 bits per heavy atom. The first-order valence-electron chi connectivity index (χ1n) is 3.96. The quantitative estimate of drug-likeness (QED) is 0.453. The van der Waals surface area contributed by atoms with E-state index < -0.39 is 0 Å². The number of thioether (sulfide) groups is 1. The van der Waals surface area contributed by atoms with Gasteiger partial charge in [-0.15, -0.1) is 11.8 Å². The number of benzene rings is 1. The third kappa shape index (κ3) is 4.38. The Bertz CT molecular complexity index is 262. The van der Waals surface area contributed by atoms with Crippen LogP contribution in [0, 0.1) is 0 Å². The fourth-order valence-corrected chi connectivity index (χ4v) is 1.84. The number of hydrogen-bond donors (Lipinski definition) is 2. The summed E-state index contributed by atoms with van der Waals surface area (Å²) in [4.78, 5) is 0. The SMILES string of the molecule is NNCC(=S)SCc1ccccc1. The molecule has 0 aliphatic rings. The number of hydrogen-bond acceptors (Lipinski definition) is 4. The molecule has 2 nitrogen and oxygen atoms in total. The third-order valence-electron chi connectivity index (χ3n) is 1.49. The van der Waals surface area contributed by atoms with Crippen molar-refractivity contribution >= 4 is 28.2 Å². The standard InChI is InChI=1S/C9H12N2S2/c10-11-6-9(12)13-7-8-4-2-1-3-5-8/h1-5,11H,6-7,10H2. The van der Waals surface area contributed by atoms with Crippen LogP contribution in [0.2, 0.25) is 0 Å². The van der Waals surface area contributed by atoms with Gasteiger partial charge < -0.3 is 0 Å². The number of nitrogens with one attached hydrogen (secondary N) is 1. The van der Waals surface area contributed by atoms with Gasteiger partial charge in [0.2, 0.25) is 0 Å². The lowest BCUT2D eigenvalue weighted by molar-refractivity contribution is 0.855. The monoisotopic (exact) mass is 212 g/mol. The maximum absolute atomic E-state index is 5.15. The number of hydrazine groups is 1. The molecular weight excluding hydrogens is 200 g/mol. The van der Waals surface area contributed by atoms with Gasteiger partial charge in [0, 0.05) is 5.75 Å². The van der Waals surface area contributed by atoms with Gasteiger partial charge in [0.25, 0.3) is 0 Å². The topological polar surface area (TPSA) is 38.0 Å². The summed E-state index contributed by atoms with van der Waals surface area (Å²) >= 11 is 6.72. The van der Waals surface area contributed by atoms with Crippen molar-refractivity contribution in [1.82, 2.24) is 5.43 Å². The Balaban J connectivity index is 2.31. The van der Waals surface area contributed by atoms with Gasteiger partial charge in [0.1, 0.15) is 0 Å². The van der Waals surface area contributed by atoms with Crippen LogP contribution in [0.4, 0.5) is 0 Å². The Labute approximate surface area is 87.9 Å². The van der Waals surface area contributed by atoms with Gasteiger partial charge in [-0.2, -0.15) is 0 Å². The number of nitrogens with two attached hydrogens (primary N) is 1. The minimum absolute atomic E-state index is 0.590. The molecule has 0 saturated carbocycles. The van der Waals surface area contributed by atoms with Crippen molar-refractivity contribution in [2.45, 2.75) is 5.75 Å². The van der Waals surface area contributed by atoms with Crippen molar-refractivity contribution in [3.8, 4) is 0 Å². The summed E-state index contributed by atoms with van der Waals surface area (Å²) in [6.07, 6.45) is 0. The highest BCUT2D eigenvalue weighted by Gasteiger charge is 1.96. The average Bonchev–Trinajstić information content (AvgIpc) is 2.17. The molecule has 0 heterocycles. The summed E-state index contributed by atoms with van der Waals surface area (Å²) in [6, 6.07) is 10.2. The lowest BCUT2D eigenvalue weighted by Gasteiger charge is -2.02. The summed E-state index contributed by atoms with van der Waals surface area (Å²) in [5.74, 6) is 6.07. The molecule has 1 rings (SSSR count). The van der Waals surface area contributed by atoms with Crippen LogP contribution in [0.1, 0.15) is 5.56 Å². The minimum atomic E-state index is 0.590. The Morgan fingerprint density at radius 3 is 2.69 bits per heavy atom. The molecule has 0 aromatic heterocycles. The van der Waals surface area contributed by atoms with Gasteiger partial charge in [0.05, 0.1) is 10.7 Å². The zero-order valence-corrected chi connectivity index (χ0v) is 8.83. The van der Waals surface area contributed by atoms with Gasteiger partial charge in [-0.25, -0.2) is 0 Å². The summed E-state index contributed by atoms with van der Waals surface area (Å²) in [6.45, 7) is 0.590. The van der Waals surface area contributed by atoms with E-state index in [1.165, 1.54) is 5.56 Å². The second-order valence-corrected chi connectivity index (χ2v) is 4.35. The van der Waals surface area contributed by atoms with Crippen LogP contribution in [0.5, 0.6) is 0 Å². The normalized spacial score (nSPS) is 9.92. The fraction of sp³-hybridized carbons (Fsp3) is 0.222. The van der Waals surface area contributed by atoms with Crippen molar-refractivity contribution in [3.05, 3.63) is 35.9 Å². The largest absolute Gasteiger partial charge is 0.271 e. The van der Waals surface area contributed by atoms with Gasteiger partial charge in [0.15, 0.2) is 0 Å². The number of thiocarbonyl (C=S) groups is 1. The highest BCUT2D eigenvalue weighted by Crippen LogP contribution is 2.12. The lowest BCUT2D eigenvalue weighted by atomic mass is 10.2. The second kappa shape index (κ2) is 6.10. The van der Waals surface area contributed by atoms with E-state index in [4.69, 9.17) is 18.1 Å². The Hall–Kier alpha value is -0.420. The molecule has 0 aliphatic heterocycles. The van der Waals surface area contributed by atoms with Gasteiger partial charge in [-0.05, 0) is 5.56 Å². The first-order valence-corrected chi connectivity index (χ1v) is 5.35. The summed E-state index contributed by atoms with van der Waals surface area (Å²) < 4.78 is 0.895. The van der Waals surface area contributed by atoms with Crippen molar-refractivity contribution in [2.24, 2.45) is 5.84 Å². The molecule has 0 fully saturated rings. The molecule has 0 amide bonds. The van der Waals surface area contributed by atoms with Crippen LogP contribution in [0.15, 0.2) is 30.3 Å². The van der Waals surface area contributed by atoms with E-state index >= 15 is 0 Å². The van der Waals surface area contributed by atoms with E-state index in [1.54, 1.807) is 11.8 Å². The van der Waals surface area contributed by atoms with Crippen LogP contribution >= 0.6 is 24.0 Å². The van der Waals surface area contributed by atoms with E-state index in [0.717, 1.165) is 9.95 Å². The van der Waals surface area contributed by atoms with Crippen LogP contribution in [-0.2, 0) is 5.75 Å². The van der Waals surface area contributed by atoms with Crippen molar-refractivity contribution in [2.75, 3.05) is 6.54 Å². The molecule has 0 aliphatic carbocycles. The average molecular weight is 212 g/mol. The Morgan fingerprint density at radius 2 is 2.08 bits per heavy atom. The van der Waals surface area contributed by atoms with E-state index in [9.17, 15) is 0 Å². The maximum Gasteiger partial charge on any atom is 0.0634 e. The van der Waals surface area contributed by atoms with Gasteiger partial charge >= 0.3 is 0 Å². The smallest absolute Gasteiger partial charge is 0.0634 e. The lowest BCUT2D eigenvalue weighted by Crippen LogP contribution is -2.26. The molecule has 0 bridgehead atoms. The Kier molecular flexibility index (Phi) is 5.00. The zero-order valence-electron chi connectivity index (χ0n) is 7.19. The fourth-order valence-electron chi connectivity index (χ4n) is 0.872. The highest BCUT2D eigenvalue weighted by molar-refractivity contribution is 8.22. The number of rotatable bonds is 4. The summed E-state index contributed by atoms with van der Waals surface area (Å²) in [5, 5.41) is 0. The van der Waals surface area contributed by atoms with Crippen LogP contribution in [-0.4, -0.2) is 10.7 Å². The molecule has 0 spiro atoms. The predicted octanol–water partition coefficient (Wildman–Crippen LogP) is 1.71. The molecule has 0 atom stereocenters. The predicted molar refractivity (Wildman–Crippen MR) is 62.5 cm³/mol. The van der Waals surface area contributed by atoms with Crippen LogP contribution in [0.25, 0.3) is 0 Å². The molecule has 4 heteroatoms. The molecular formula is C9H12N2S2. The summed E-state index contributed by atoms with van der Waals surface area (Å²) in [7, 11) is 0. The zero-order chi connectivity index (χ0) is 9.52. The van der Waals surface area contributed by atoms with E-state index in [-0.39, 0.29) is 0 Å².